The molecule has 1 unspecified atom stereocenters. The maximum Gasteiger partial charge on any atom is 0.460 e. The van der Waals surface area contributed by atoms with Crippen LogP contribution in [0.15, 0.2) is 54.6 Å². The fourth-order valence-corrected chi connectivity index (χ4v) is 2.71. The zero-order valence-electron chi connectivity index (χ0n) is 16.9. The van der Waals surface area contributed by atoms with Crippen LogP contribution in [0.25, 0.3) is 0 Å². The molecule has 36 heavy (non-hydrogen) atoms. The van der Waals surface area contributed by atoms with Crippen LogP contribution in [0.5, 0.6) is 5.75 Å². The minimum absolute atomic E-state index is 0.163. The van der Waals surface area contributed by atoms with Crippen LogP contribution in [0.4, 0.5) is 61.5 Å². The van der Waals surface area contributed by atoms with Crippen molar-refractivity contribution in [1.29, 1.82) is 0 Å². The third kappa shape index (κ3) is 4.13. The van der Waals surface area contributed by atoms with Crippen molar-refractivity contribution in [3.8, 4) is 5.75 Å². The van der Waals surface area contributed by atoms with E-state index in [0.29, 0.717) is 24.3 Å². The summed E-state index contributed by atoms with van der Waals surface area (Å²) in [4.78, 5) is 10.6. The number of alkyl halides is 14. The van der Waals surface area contributed by atoms with Gasteiger partial charge in [0.15, 0.2) is 0 Å². The van der Waals surface area contributed by atoms with E-state index < -0.39 is 53.0 Å². The van der Waals surface area contributed by atoms with Gasteiger partial charge < -0.3 is 4.74 Å². The number of ether oxygens (including phenoxy) is 1. The Morgan fingerprint density at radius 1 is 0.528 bits per heavy atom. The smallest absolute Gasteiger partial charge is 0.449 e. The molecule has 0 aliphatic rings. The van der Waals surface area contributed by atoms with Crippen LogP contribution in [-0.2, 0) is 5.85 Å². The first-order valence-corrected chi connectivity index (χ1v) is 9.06. The molecule has 0 radical (unpaired) electrons. The number of rotatable bonds is 9. The van der Waals surface area contributed by atoms with E-state index in [0.717, 1.165) is 18.2 Å². The molecule has 1 atom stereocenters. The van der Waals surface area contributed by atoms with Gasteiger partial charge >= 0.3 is 41.6 Å². The van der Waals surface area contributed by atoms with E-state index in [1.165, 1.54) is 0 Å². The normalized spacial score (nSPS) is 15.8. The molecule has 0 aliphatic heterocycles. The summed E-state index contributed by atoms with van der Waals surface area (Å²) in [5, 5.41) is 0. The van der Waals surface area contributed by atoms with Gasteiger partial charge in [-0.3, -0.25) is 4.79 Å². The molecule has 0 fully saturated rings. The lowest BCUT2D eigenvalue weighted by molar-refractivity contribution is -0.456. The molecule has 0 N–H and O–H groups in total. The lowest BCUT2D eigenvalue weighted by atomic mass is 9.87. The molecule has 0 saturated carbocycles. The van der Waals surface area contributed by atoms with Crippen molar-refractivity contribution in [2.24, 2.45) is 0 Å². The molecule has 0 heterocycles. The fraction of sp³-hybridized carbons (Fsp3) is 0.350. The monoisotopic (exact) mass is 548 g/mol. The molecule has 0 bridgehead atoms. The molecule has 0 aliphatic carbocycles. The predicted octanol–water partition coefficient (Wildman–Crippen LogP) is 7.44. The zero-order valence-corrected chi connectivity index (χ0v) is 16.9. The largest absolute Gasteiger partial charge is 0.460 e. The Bertz CT molecular complexity index is 1060. The fourth-order valence-electron chi connectivity index (χ4n) is 2.71. The first kappa shape index (κ1) is 29.2. The molecule has 0 saturated heterocycles. The number of hydrogen-bond acceptors (Lipinski definition) is 2. The molecule has 2 rings (SSSR count). The van der Waals surface area contributed by atoms with Gasteiger partial charge in [0, 0.05) is 11.1 Å². The van der Waals surface area contributed by atoms with Gasteiger partial charge in [0.2, 0.25) is 0 Å². The summed E-state index contributed by atoms with van der Waals surface area (Å²) in [6, 6.07) is 5.19. The van der Waals surface area contributed by atoms with Crippen LogP contribution in [0.2, 0.25) is 0 Å². The highest BCUT2D eigenvalue weighted by Gasteiger charge is 2.93. The number of hydrogen-bond donors (Lipinski definition) is 0. The Balaban J connectivity index is 2.75. The van der Waals surface area contributed by atoms with E-state index in [1.54, 1.807) is 0 Å². The molecule has 16 heteroatoms. The van der Waals surface area contributed by atoms with Gasteiger partial charge in [-0.15, -0.1) is 0 Å². The summed E-state index contributed by atoms with van der Waals surface area (Å²) in [5.74, 6) is -46.3. The number of carbonyl (C=O) groups excluding carboxylic acids is 1. The summed E-state index contributed by atoms with van der Waals surface area (Å²) in [5.41, 5.74) is -1.96. The highest BCUT2D eigenvalue weighted by Crippen LogP contribution is 2.63. The molecule has 200 valence electrons. The Kier molecular flexibility index (Phi) is 7.13. The Morgan fingerprint density at radius 3 is 1.36 bits per heavy atom. The lowest BCUT2D eigenvalue weighted by Gasteiger charge is -2.43. The van der Waals surface area contributed by atoms with E-state index in [9.17, 15) is 61.9 Å². The average Bonchev–Trinajstić information content (AvgIpc) is 2.78. The molecular weight excluding hydrogens is 538 g/mol. The van der Waals surface area contributed by atoms with Gasteiger partial charge in [-0.25, -0.2) is 0 Å². The summed E-state index contributed by atoms with van der Waals surface area (Å²) >= 11 is 0. The number of aldehydes is 1. The van der Waals surface area contributed by atoms with E-state index >= 15 is 4.39 Å². The van der Waals surface area contributed by atoms with Gasteiger partial charge in [-0.2, -0.15) is 61.5 Å². The Labute approximate surface area is 191 Å². The number of benzene rings is 2. The van der Waals surface area contributed by atoms with Crippen molar-refractivity contribution in [2.45, 2.75) is 41.6 Å². The molecule has 2 aromatic rings. The van der Waals surface area contributed by atoms with E-state index in [-0.39, 0.29) is 24.0 Å². The standard InChI is InChI=1S/C20H10F14O2/c21-14(12-4-2-1-3-5-12,36-13-8-6-11(10-35)7-9-13)15(22,23)16(24,25)17(26,27)18(28,29)19(30,31)20(32,33)34/h1-10H. The van der Waals surface area contributed by atoms with Crippen LogP contribution < -0.4 is 4.74 Å². The van der Waals surface area contributed by atoms with Gasteiger partial charge in [-0.05, 0) is 24.3 Å². The van der Waals surface area contributed by atoms with Crippen molar-refractivity contribution in [3.63, 3.8) is 0 Å². The maximum absolute atomic E-state index is 15.6. The third-order valence-corrected chi connectivity index (χ3v) is 4.76. The minimum Gasteiger partial charge on any atom is -0.449 e. The molecule has 0 amide bonds. The topological polar surface area (TPSA) is 26.3 Å². The van der Waals surface area contributed by atoms with Crippen LogP contribution in [0, 0.1) is 0 Å². The van der Waals surface area contributed by atoms with Crippen molar-refractivity contribution >= 4 is 6.29 Å². The zero-order chi connectivity index (χ0) is 28.0. The van der Waals surface area contributed by atoms with Gasteiger partial charge in [0.05, 0.1) is 0 Å². The molecular formula is C20H10F14O2. The predicted molar refractivity (Wildman–Crippen MR) is 92.5 cm³/mol. The average molecular weight is 548 g/mol. The highest BCUT2D eigenvalue weighted by molar-refractivity contribution is 5.74. The summed E-state index contributed by atoms with van der Waals surface area (Å²) < 4.78 is 196. The second-order valence-electron chi connectivity index (χ2n) is 7.12. The molecule has 2 aromatic carbocycles. The van der Waals surface area contributed by atoms with Crippen LogP contribution in [0.3, 0.4) is 0 Å². The lowest BCUT2D eigenvalue weighted by Crippen LogP contribution is -2.73. The molecule has 0 aromatic heterocycles. The first-order valence-electron chi connectivity index (χ1n) is 9.06. The second kappa shape index (κ2) is 8.80. The number of halogens is 14. The number of carbonyl (C=O) groups is 1. The quantitative estimate of drug-likeness (QED) is 0.241. The molecule has 0 spiro atoms. The maximum atomic E-state index is 15.6. The van der Waals surface area contributed by atoms with E-state index in [1.807, 2.05) is 0 Å². The van der Waals surface area contributed by atoms with Gasteiger partial charge in [0.25, 0.3) is 0 Å². The van der Waals surface area contributed by atoms with E-state index in [2.05, 4.69) is 4.74 Å². The van der Waals surface area contributed by atoms with Crippen LogP contribution in [-0.4, -0.2) is 42.1 Å². The summed E-state index contributed by atoms with van der Waals surface area (Å²) in [6.07, 6.45) is -7.44. The first-order chi connectivity index (χ1) is 16.1. The van der Waals surface area contributed by atoms with Crippen LogP contribution in [0.1, 0.15) is 15.9 Å². The highest BCUT2D eigenvalue weighted by atomic mass is 19.4. The van der Waals surface area contributed by atoms with Gasteiger partial charge in [-0.1, -0.05) is 30.3 Å². The summed E-state index contributed by atoms with van der Waals surface area (Å²) in [7, 11) is 0. The Hall–Kier alpha value is -3.07. The van der Waals surface area contributed by atoms with Gasteiger partial charge in [0.1, 0.15) is 12.0 Å². The molecule has 2 nitrogen and oxygen atoms in total. The van der Waals surface area contributed by atoms with Crippen molar-refractivity contribution in [3.05, 3.63) is 65.7 Å². The van der Waals surface area contributed by atoms with E-state index in [4.69, 9.17) is 0 Å². The second-order valence-corrected chi connectivity index (χ2v) is 7.12. The Morgan fingerprint density at radius 2 is 0.944 bits per heavy atom. The minimum atomic E-state index is -8.21. The van der Waals surface area contributed by atoms with Crippen molar-refractivity contribution < 1.29 is 71.0 Å². The third-order valence-electron chi connectivity index (χ3n) is 4.76. The summed E-state index contributed by atoms with van der Waals surface area (Å²) in [6.45, 7) is 0. The van der Waals surface area contributed by atoms with Crippen LogP contribution >= 0.6 is 0 Å². The SMILES string of the molecule is O=Cc1ccc(OC(F)(c2ccccc2)C(F)(F)C(F)(F)C(F)(F)C(F)(F)C(F)(F)C(F)(F)F)cc1. The van der Waals surface area contributed by atoms with Crippen molar-refractivity contribution in [2.75, 3.05) is 0 Å². The van der Waals surface area contributed by atoms with Crippen molar-refractivity contribution in [1.82, 2.24) is 0 Å².